The first-order chi connectivity index (χ1) is 9.11. The largest absolute Gasteiger partial charge is 0.383 e. The summed E-state index contributed by atoms with van der Waals surface area (Å²) in [5, 5.41) is 14.1. The summed E-state index contributed by atoms with van der Waals surface area (Å²) in [7, 11) is 1.68. The van der Waals surface area contributed by atoms with E-state index in [1.807, 2.05) is 37.3 Å². The van der Waals surface area contributed by atoms with Crippen molar-refractivity contribution < 1.29 is 4.92 Å². The lowest BCUT2D eigenvalue weighted by Crippen LogP contribution is -1.98. The molecule has 2 rings (SSSR count). The summed E-state index contributed by atoms with van der Waals surface area (Å²) in [5.74, 6) is 0. The van der Waals surface area contributed by atoms with Gasteiger partial charge in [-0.3, -0.25) is 10.1 Å². The molecule has 0 saturated heterocycles. The molecule has 0 aliphatic carbocycles. The summed E-state index contributed by atoms with van der Waals surface area (Å²) < 4.78 is 0. The van der Waals surface area contributed by atoms with Gasteiger partial charge >= 0.3 is 5.69 Å². The van der Waals surface area contributed by atoms with Crippen LogP contribution >= 0.6 is 11.8 Å². The van der Waals surface area contributed by atoms with Crippen molar-refractivity contribution in [1.29, 1.82) is 0 Å². The van der Waals surface area contributed by atoms with Gasteiger partial charge in [0.25, 0.3) is 0 Å². The van der Waals surface area contributed by atoms with Crippen LogP contribution in [-0.2, 0) is 0 Å². The summed E-state index contributed by atoms with van der Waals surface area (Å²) in [4.78, 5) is 12.5. The van der Waals surface area contributed by atoms with Crippen LogP contribution in [0, 0.1) is 17.0 Å². The van der Waals surface area contributed by atoms with Gasteiger partial charge in [0, 0.05) is 11.9 Å². The topological polar surface area (TPSA) is 55.2 Å². The van der Waals surface area contributed by atoms with Gasteiger partial charge in [0.05, 0.1) is 9.82 Å². The average Bonchev–Trinajstić information content (AvgIpc) is 2.38. The number of nitro benzene ring substituents is 1. The first-order valence-electron chi connectivity index (χ1n) is 5.81. The maximum atomic E-state index is 11.2. The molecule has 0 atom stereocenters. The molecule has 0 saturated carbocycles. The van der Waals surface area contributed by atoms with E-state index in [2.05, 4.69) is 5.32 Å². The van der Waals surface area contributed by atoms with E-state index < -0.39 is 0 Å². The molecule has 0 amide bonds. The van der Waals surface area contributed by atoms with Crippen LogP contribution in [0.5, 0.6) is 0 Å². The van der Waals surface area contributed by atoms with E-state index in [9.17, 15) is 10.1 Å². The molecule has 0 fully saturated rings. The monoisotopic (exact) mass is 274 g/mol. The van der Waals surface area contributed by atoms with Crippen LogP contribution in [-0.4, -0.2) is 12.0 Å². The van der Waals surface area contributed by atoms with Crippen LogP contribution in [0.15, 0.2) is 52.3 Å². The second kappa shape index (κ2) is 5.75. The van der Waals surface area contributed by atoms with Crippen LogP contribution < -0.4 is 5.32 Å². The Morgan fingerprint density at radius 2 is 1.95 bits per heavy atom. The van der Waals surface area contributed by atoms with Gasteiger partial charge in [-0.1, -0.05) is 35.5 Å². The molecular weight excluding hydrogens is 260 g/mol. The van der Waals surface area contributed by atoms with E-state index in [1.165, 1.54) is 11.8 Å². The lowest BCUT2D eigenvalue weighted by molar-refractivity contribution is -0.386. The number of benzene rings is 2. The van der Waals surface area contributed by atoms with Gasteiger partial charge in [-0.2, -0.15) is 0 Å². The van der Waals surface area contributed by atoms with Crippen LogP contribution in [0.25, 0.3) is 0 Å². The first kappa shape index (κ1) is 13.4. The van der Waals surface area contributed by atoms with Crippen molar-refractivity contribution in [2.24, 2.45) is 0 Å². The molecule has 1 N–H and O–H groups in total. The second-order valence-corrected chi connectivity index (χ2v) is 5.19. The third-order valence-electron chi connectivity index (χ3n) is 2.67. The third kappa shape index (κ3) is 3.06. The van der Waals surface area contributed by atoms with Crippen molar-refractivity contribution >= 4 is 23.1 Å². The molecule has 5 heteroatoms. The molecule has 2 aromatic rings. The molecular formula is C14H14N2O2S. The van der Waals surface area contributed by atoms with Gasteiger partial charge < -0.3 is 5.32 Å². The van der Waals surface area contributed by atoms with Crippen LogP contribution in [0.1, 0.15) is 5.56 Å². The summed E-state index contributed by atoms with van der Waals surface area (Å²) in [6.45, 7) is 2.00. The molecule has 4 nitrogen and oxygen atoms in total. The van der Waals surface area contributed by atoms with Crippen molar-refractivity contribution in [2.45, 2.75) is 16.7 Å². The highest BCUT2D eigenvalue weighted by atomic mass is 32.2. The van der Waals surface area contributed by atoms with Crippen LogP contribution in [0.2, 0.25) is 0 Å². The van der Waals surface area contributed by atoms with Gasteiger partial charge in [0.1, 0.15) is 5.69 Å². The smallest absolute Gasteiger partial charge is 0.306 e. The van der Waals surface area contributed by atoms with Gasteiger partial charge in [-0.15, -0.1) is 0 Å². The van der Waals surface area contributed by atoms with Gasteiger partial charge in [-0.05, 0) is 31.2 Å². The molecule has 98 valence electrons. The fourth-order valence-electron chi connectivity index (χ4n) is 1.80. The Morgan fingerprint density at radius 3 is 2.58 bits per heavy atom. The molecule has 0 aliphatic heterocycles. The molecule has 0 aromatic heterocycles. The van der Waals surface area contributed by atoms with Crippen molar-refractivity contribution in [2.75, 3.05) is 12.4 Å². The van der Waals surface area contributed by atoms with Crippen molar-refractivity contribution in [3.05, 3.63) is 58.1 Å². The maximum absolute atomic E-state index is 11.2. The van der Waals surface area contributed by atoms with Crippen LogP contribution in [0.4, 0.5) is 11.4 Å². The number of nitro groups is 1. The van der Waals surface area contributed by atoms with E-state index >= 15 is 0 Å². The molecule has 0 radical (unpaired) electrons. The summed E-state index contributed by atoms with van der Waals surface area (Å²) in [6, 6.07) is 13.2. The fraction of sp³-hybridized carbons (Fsp3) is 0.143. The van der Waals surface area contributed by atoms with E-state index in [0.29, 0.717) is 10.6 Å². The zero-order chi connectivity index (χ0) is 13.8. The number of nitrogens with one attached hydrogen (secondary N) is 1. The molecule has 2 aromatic carbocycles. The zero-order valence-electron chi connectivity index (χ0n) is 10.7. The third-order valence-corrected chi connectivity index (χ3v) is 3.71. The minimum absolute atomic E-state index is 0.122. The number of hydrogen-bond donors (Lipinski definition) is 1. The Balaban J connectivity index is 2.42. The van der Waals surface area contributed by atoms with E-state index in [1.54, 1.807) is 19.2 Å². The molecule has 0 aliphatic rings. The quantitative estimate of drug-likeness (QED) is 0.673. The van der Waals surface area contributed by atoms with Gasteiger partial charge in [0.2, 0.25) is 0 Å². The normalized spacial score (nSPS) is 10.2. The fourth-order valence-corrected chi connectivity index (χ4v) is 2.87. The minimum atomic E-state index is -0.343. The zero-order valence-corrected chi connectivity index (χ0v) is 11.5. The SMILES string of the molecule is CNc1cccc(Sc2cccc(C)c2)c1[N+](=O)[O-]. The number of anilines is 1. The summed E-state index contributed by atoms with van der Waals surface area (Å²) >= 11 is 1.40. The Bertz CT molecular complexity index is 614. The minimum Gasteiger partial charge on any atom is -0.383 e. The molecule has 0 heterocycles. The number of rotatable bonds is 4. The number of hydrogen-bond acceptors (Lipinski definition) is 4. The maximum Gasteiger partial charge on any atom is 0.306 e. The first-order valence-corrected chi connectivity index (χ1v) is 6.63. The Morgan fingerprint density at radius 1 is 1.21 bits per heavy atom. The highest BCUT2D eigenvalue weighted by molar-refractivity contribution is 7.99. The van der Waals surface area contributed by atoms with Gasteiger partial charge in [0.15, 0.2) is 0 Å². The van der Waals surface area contributed by atoms with E-state index in [-0.39, 0.29) is 10.6 Å². The summed E-state index contributed by atoms with van der Waals surface area (Å²) in [5.41, 5.74) is 1.79. The summed E-state index contributed by atoms with van der Waals surface area (Å²) in [6.07, 6.45) is 0. The number of para-hydroxylation sites is 1. The molecule has 0 unspecified atom stereocenters. The van der Waals surface area contributed by atoms with Crippen LogP contribution in [0.3, 0.4) is 0 Å². The number of nitrogens with zero attached hydrogens (tertiary/aromatic N) is 1. The lowest BCUT2D eigenvalue weighted by atomic mass is 10.2. The highest BCUT2D eigenvalue weighted by Gasteiger charge is 2.19. The Kier molecular flexibility index (Phi) is 4.06. The molecule has 0 bridgehead atoms. The lowest BCUT2D eigenvalue weighted by Gasteiger charge is -2.07. The number of aryl methyl sites for hydroxylation is 1. The average molecular weight is 274 g/mol. The van der Waals surface area contributed by atoms with Crippen molar-refractivity contribution in [3.63, 3.8) is 0 Å². The Hall–Kier alpha value is -2.01. The molecule has 0 spiro atoms. The van der Waals surface area contributed by atoms with Crippen molar-refractivity contribution in [1.82, 2.24) is 0 Å². The van der Waals surface area contributed by atoms with Crippen molar-refractivity contribution in [3.8, 4) is 0 Å². The second-order valence-electron chi connectivity index (χ2n) is 4.08. The predicted octanol–water partition coefficient (Wildman–Crippen LogP) is 4.10. The van der Waals surface area contributed by atoms with Gasteiger partial charge in [-0.25, -0.2) is 0 Å². The van der Waals surface area contributed by atoms with E-state index in [4.69, 9.17) is 0 Å². The standard InChI is InChI=1S/C14H14N2O2S/c1-10-5-3-6-11(9-10)19-13-8-4-7-12(15-2)14(13)16(17)18/h3-9,15H,1-2H3. The Labute approximate surface area is 116 Å². The highest BCUT2D eigenvalue weighted by Crippen LogP contribution is 2.39. The van der Waals surface area contributed by atoms with E-state index in [0.717, 1.165) is 10.5 Å². The molecule has 19 heavy (non-hydrogen) atoms. The predicted molar refractivity (Wildman–Crippen MR) is 77.9 cm³/mol.